The zero-order chi connectivity index (χ0) is 16.0. The Labute approximate surface area is 126 Å². The molecule has 1 aromatic carbocycles. The molecular weight excluding hydrogens is 266 g/mol. The number of hydrogen-bond acceptors (Lipinski definition) is 3. The molecule has 1 rings (SSSR count). The number of carbonyl (C=O) groups excluding carboxylic acids is 1. The van der Waals surface area contributed by atoms with Crippen LogP contribution in [0.1, 0.15) is 46.1 Å². The number of nitrogens with one attached hydrogen (secondary N) is 1. The fraction of sp³-hybridized carbons (Fsp3) is 0.500. The maximum Gasteiger partial charge on any atom is 0.224 e. The van der Waals surface area contributed by atoms with E-state index in [4.69, 9.17) is 10.9 Å². The summed E-state index contributed by atoms with van der Waals surface area (Å²) in [6.07, 6.45) is 1.50. The Bertz CT molecular complexity index is 501. The predicted molar refractivity (Wildman–Crippen MR) is 85.4 cm³/mol. The molecule has 1 amide bonds. The van der Waals surface area contributed by atoms with Crippen LogP contribution >= 0.6 is 0 Å². The van der Waals surface area contributed by atoms with Crippen LogP contribution in [0.25, 0.3) is 0 Å². The zero-order valence-electron chi connectivity index (χ0n) is 13.2. The molecule has 0 bridgehead atoms. The predicted octanol–water partition coefficient (Wildman–Crippen LogP) is 3.18. The van der Waals surface area contributed by atoms with Crippen molar-refractivity contribution in [2.45, 2.75) is 40.5 Å². The molecular formula is C16H25N3O2. The maximum absolute atomic E-state index is 12.0. The van der Waals surface area contributed by atoms with Gasteiger partial charge in [0.25, 0.3) is 0 Å². The van der Waals surface area contributed by atoms with Gasteiger partial charge in [0.2, 0.25) is 5.91 Å². The highest BCUT2D eigenvalue weighted by Gasteiger charge is 2.17. The molecule has 0 radical (unpaired) electrons. The molecule has 0 aliphatic carbocycles. The van der Waals surface area contributed by atoms with Crippen molar-refractivity contribution in [3.05, 3.63) is 29.8 Å². The Morgan fingerprint density at radius 1 is 1.33 bits per heavy atom. The molecule has 5 heteroatoms. The third-order valence-corrected chi connectivity index (χ3v) is 3.07. The smallest absolute Gasteiger partial charge is 0.224 e. The number of oxime groups is 1. The van der Waals surface area contributed by atoms with E-state index in [1.165, 1.54) is 0 Å². The minimum atomic E-state index is 0.00305. The van der Waals surface area contributed by atoms with Crippen LogP contribution in [-0.4, -0.2) is 17.0 Å². The molecule has 1 atom stereocenters. The van der Waals surface area contributed by atoms with E-state index in [1.54, 1.807) is 24.3 Å². The SMILES string of the molecule is CC(CC(=O)Nc1ccc(/C(N)=N/O)cc1)CC(C)(C)C. The Balaban J connectivity index is 2.55. The van der Waals surface area contributed by atoms with E-state index in [-0.39, 0.29) is 17.2 Å². The second kappa shape index (κ2) is 7.11. The van der Waals surface area contributed by atoms with E-state index in [1.807, 2.05) is 0 Å². The van der Waals surface area contributed by atoms with E-state index in [0.29, 0.717) is 23.6 Å². The molecule has 116 valence electrons. The second-order valence-corrected chi connectivity index (χ2v) is 6.68. The summed E-state index contributed by atoms with van der Waals surface area (Å²) in [4.78, 5) is 12.0. The van der Waals surface area contributed by atoms with Crippen molar-refractivity contribution < 1.29 is 10.0 Å². The number of anilines is 1. The number of amidine groups is 1. The first-order chi connectivity index (χ1) is 9.71. The Hall–Kier alpha value is -2.04. The Morgan fingerprint density at radius 3 is 2.38 bits per heavy atom. The first kappa shape index (κ1) is 17.0. The first-order valence-electron chi connectivity index (χ1n) is 7.09. The second-order valence-electron chi connectivity index (χ2n) is 6.68. The molecule has 21 heavy (non-hydrogen) atoms. The fourth-order valence-electron chi connectivity index (χ4n) is 2.43. The summed E-state index contributed by atoms with van der Waals surface area (Å²) in [5.74, 6) is 0.386. The van der Waals surface area contributed by atoms with Crippen LogP contribution in [0.5, 0.6) is 0 Å². The molecule has 0 aliphatic rings. The molecule has 5 nitrogen and oxygen atoms in total. The van der Waals surface area contributed by atoms with Gasteiger partial charge in [-0.3, -0.25) is 4.79 Å². The molecule has 0 spiro atoms. The van der Waals surface area contributed by atoms with Gasteiger partial charge >= 0.3 is 0 Å². The topological polar surface area (TPSA) is 87.7 Å². The summed E-state index contributed by atoms with van der Waals surface area (Å²) < 4.78 is 0. The van der Waals surface area contributed by atoms with Gasteiger partial charge in [0.1, 0.15) is 0 Å². The number of nitrogens with two attached hydrogens (primary N) is 1. The molecule has 1 unspecified atom stereocenters. The molecule has 4 N–H and O–H groups in total. The quantitative estimate of drug-likeness (QED) is 0.337. The van der Waals surface area contributed by atoms with Gasteiger partial charge in [0.05, 0.1) is 0 Å². The van der Waals surface area contributed by atoms with E-state index in [0.717, 1.165) is 6.42 Å². The maximum atomic E-state index is 12.0. The van der Waals surface area contributed by atoms with Gasteiger partial charge in [-0.05, 0) is 42.0 Å². The van der Waals surface area contributed by atoms with Crippen LogP contribution in [0.15, 0.2) is 29.4 Å². The largest absolute Gasteiger partial charge is 0.409 e. The molecule has 0 fully saturated rings. The lowest BCUT2D eigenvalue weighted by Gasteiger charge is -2.22. The molecule has 0 saturated heterocycles. The van der Waals surface area contributed by atoms with Gasteiger partial charge in [-0.2, -0.15) is 0 Å². The minimum absolute atomic E-state index is 0.00305. The van der Waals surface area contributed by atoms with E-state index < -0.39 is 0 Å². The summed E-state index contributed by atoms with van der Waals surface area (Å²) in [7, 11) is 0. The van der Waals surface area contributed by atoms with Gasteiger partial charge in [-0.15, -0.1) is 0 Å². The fourth-order valence-corrected chi connectivity index (χ4v) is 2.43. The number of amides is 1. The summed E-state index contributed by atoms with van der Waals surface area (Å²) in [5, 5.41) is 14.4. The standard InChI is InChI=1S/C16H25N3O2/c1-11(10-16(2,3)4)9-14(20)18-13-7-5-12(6-8-13)15(17)19-21/h5-8,11,21H,9-10H2,1-4H3,(H2,17,19)(H,18,20). The lowest BCUT2D eigenvalue weighted by Crippen LogP contribution is -2.19. The van der Waals surface area contributed by atoms with Crippen LogP contribution in [0.3, 0.4) is 0 Å². The van der Waals surface area contributed by atoms with Crippen LogP contribution in [0.2, 0.25) is 0 Å². The molecule has 0 saturated carbocycles. The van der Waals surface area contributed by atoms with Crippen molar-refractivity contribution in [3.63, 3.8) is 0 Å². The van der Waals surface area contributed by atoms with Crippen LogP contribution in [0, 0.1) is 11.3 Å². The van der Waals surface area contributed by atoms with Crippen molar-refractivity contribution >= 4 is 17.4 Å². The third kappa shape index (κ3) is 6.29. The monoisotopic (exact) mass is 291 g/mol. The van der Waals surface area contributed by atoms with Crippen molar-refractivity contribution in [1.29, 1.82) is 0 Å². The minimum Gasteiger partial charge on any atom is -0.409 e. The average Bonchev–Trinajstić information content (AvgIpc) is 2.36. The molecule has 1 aromatic rings. The summed E-state index contributed by atoms with van der Waals surface area (Å²) in [6.45, 7) is 8.61. The molecule has 0 aliphatic heterocycles. The van der Waals surface area contributed by atoms with Gasteiger partial charge < -0.3 is 16.3 Å². The average molecular weight is 291 g/mol. The Kier molecular flexibility index (Phi) is 5.76. The van der Waals surface area contributed by atoms with E-state index in [9.17, 15) is 4.79 Å². The number of benzene rings is 1. The van der Waals surface area contributed by atoms with Crippen LogP contribution in [-0.2, 0) is 4.79 Å². The number of carbonyl (C=O) groups is 1. The van der Waals surface area contributed by atoms with Gasteiger partial charge in [0, 0.05) is 17.7 Å². The summed E-state index contributed by atoms with van der Waals surface area (Å²) in [6, 6.07) is 6.87. The van der Waals surface area contributed by atoms with Crippen LogP contribution in [0.4, 0.5) is 5.69 Å². The molecule has 0 aromatic heterocycles. The number of nitrogens with zero attached hydrogens (tertiary/aromatic N) is 1. The van der Waals surface area contributed by atoms with Crippen molar-refractivity contribution in [2.75, 3.05) is 5.32 Å². The van der Waals surface area contributed by atoms with E-state index >= 15 is 0 Å². The highest BCUT2D eigenvalue weighted by Crippen LogP contribution is 2.26. The third-order valence-electron chi connectivity index (χ3n) is 3.07. The van der Waals surface area contributed by atoms with Crippen molar-refractivity contribution in [3.8, 4) is 0 Å². The number of hydrogen-bond donors (Lipinski definition) is 3. The van der Waals surface area contributed by atoms with Gasteiger partial charge in [0.15, 0.2) is 5.84 Å². The lowest BCUT2D eigenvalue weighted by molar-refractivity contribution is -0.117. The summed E-state index contributed by atoms with van der Waals surface area (Å²) in [5.41, 5.74) is 7.02. The molecule has 0 heterocycles. The van der Waals surface area contributed by atoms with Crippen molar-refractivity contribution in [1.82, 2.24) is 0 Å². The highest BCUT2D eigenvalue weighted by molar-refractivity contribution is 5.98. The normalized spacial score (nSPS) is 13.8. The Morgan fingerprint density at radius 2 is 1.90 bits per heavy atom. The lowest BCUT2D eigenvalue weighted by atomic mass is 9.84. The summed E-state index contributed by atoms with van der Waals surface area (Å²) >= 11 is 0. The zero-order valence-corrected chi connectivity index (χ0v) is 13.2. The first-order valence-corrected chi connectivity index (χ1v) is 7.09. The van der Waals surface area contributed by atoms with Crippen LogP contribution < -0.4 is 11.1 Å². The van der Waals surface area contributed by atoms with E-state index in [2.05, 4.69) is 38.2 Å². The van der Waals surface area contributed by atoms with Gasteiger partial charge in [-0.25, -0.2) is 0 Å². The number of rotatable bonds is 5. The van der Waals surface area contributed by atoms with Gasteiger partial charge in [-0.1, -0.05) is 32.9 Å². The highest BCUT2D eigenvalue weighted by atomic mass is 16.4. The van der Waals surface area contributed by atoms with Crippen molar-refractivity contribution in [2.24, 2.45) is 22.2 Å².